The van der Waals surface area contributed by atoms with E-state index >= 15 is 0 Å². The first-order valence-corrected chi connectivity index (χ1v) is 6.15. The number of hydrogen-bond donors (Lipinski definition) is 3. The summed E-state index contributed by atoms with van der Waals surface area (Å²) < 4.78 is 0. The molecule has 5 N–H and O–H groups in total. The molecule has 2 aromatic rings. The molecule has 98 valence electrons. The van der Waals surface area contributed by atoms with Gasteiger partial charge in [-0.2, -0.15) is 0 Å². The van der Waals surface area contributed by atoms with Gasteiger partial charge in [-0.15, -0.1) is 0 Å². The number of fused-ring (bicyclic) bond motifs is 1. The molecule has 0 radical (unpaired) electrons. The summed E-state index contributed by atoms with van der Waals surface area (Å²) in [5.41, 5.74) is 13.0. The molecule has 1 amide bonds. The maximum absolute atomic E-state index is 11.2. The number of rotatable bonds is 4. The molecule has 1 atom stereocenters. The number of pyridine rings is 1. The number of carbonyl (C=O) groups excluding carboxylic acids is 1. The molecule has 0 fully saturated rings. The van der Waals surface area contributed by atoms with Crippen LogP contribution in [0.25, 0.3) is 10.9 Å². The van der Waals surface area contributed by atoms with Gasteiger partial charge in [-0.3, -0.25) is 9.78 Å². The van der Waals surface area contributed by atoms with Crippen molar-refractivity contribution in [1.82, 2.24) is 4.98 Å². The Hall–Kier alpha value is -2.21. The number of thiocarbonyl (C=S) groups is 1. The Labute approximate surface area is 116 Å². The van der Waals surface area contributed by atoms with Crippen LogP contribution < -0.4 is 16.8 Å². The second kappa shape index (κ2) is 5.19. The number of nitrogens with one attached hydrogen (secondary N) is 1. The van der Waals surface area contributed by atoms with Crippen LogP contribution in [0, 0.1) is 0 Å². The molecule has 0 spiro atoms. The lowest BCUT2D eigenvalue weighted by Gasteiger charge is -2.17. The average Bonchev–Trinajstić information content (AvgIpc) is 2.38. The van der Waals surface area contributed by atoms with Crippen LogP contribution >= 0.6 is 12.2 Å². The standard InChI is InChI=1S/C13H14N4OS/c1-7(12(14)18)17-11-8-4-2-3-5-10(8)16-6-9(11)13(15)19/h2-7H,1H3,(H2,14,18)(H2,15,19)(H,16,17). The van der Waals surface area contributed by atoms with E-state index in [4.69, 9.17) is 23.7 Å². The average molecular weight is 274 g/mol. The highest BCUT2D eigenvalue weighted by Crippen LogP contribution is 2.26. The zero-order valence-corrected chi connectivity index (χ0v) is 11.2. The Balaban J connectivity index is 2.62. The SMILES string of the molecule is CC(Nc1c(C(N)=S)cnc2ccccc12)C(N)=O. The molecule has 1 aromatic carbocycles. The third-order valence-corrected chi connectivity index (χ3v) is 3.05. The number of nitrogens with zero attached hydrogens (tertiary/aromatic N) is 1. The third kappa shape index (κ3) is 2.63. The lowest BCUT2D eigenvalue weighted by molar-refractivity contribution is -0.118. The molecule has 0 saturated heterocycles. The summed E-state index contributed by atoms with van der Waals surface area (Å²) >= 11 is 5.01. The zero-order chi connectivity index (χ0) is 14.0. The van der Waals surface area contributed by atoms with Crippen molar-refractivity contribution in [2.75, 3.05) is 5.32 Å². The molecule has 6 heteroatoms. The Morgan fingerprint density at radius 2 is 2.05 bits per heavy atom. The molecule has 0 bridgehead atoms. The molecule has 19 heavy (non-hydrogen) atoms. The van der Waals surface area contributed by atoms with Gasteiger partial charge in [0.2, 0.25) is 5.91 Å². The van der Waals surface area contributed by atoms with Gasteiger partial charge in [-0.1, -0.05) is 30.4 Å². The summed E-state index contributed by atoms with van der Waals surface area (Å²) in [6.07, 6.45) is 1.60. The number of para-hydroxylation sites is 1. The van der Waals surface area contributed by atoms with Crippen molar-refractivity contribution >= 4 is 39.7 Å². The van der Waals surface area contributed by atoms with E-state index in [9.17, 15) is 4.79 Å². The normalized spacial score (nSPS) is 12.1. The quantitative estimate of drug-likeness (QED) is 0.727. The molecule has 2 rings (SSSR count). The van der Waals surface area contributed by atoms with Crippen molar-refractivity contribution in [2.24, 2.45) is 11.5 Å². The predicted molar refractivity (Wildman–Crippen MR) is 79.9 cm³/mol. The van der Waals surface area contributed by atoms with E-state index in [0.717, 1.165) is 10.9 Å². The van der Waals surface area contributed by atoms with Crippen LogP contribution in [0.5, 0.6) is 0 Å². The summed E-state index contributed by atoms with van der Waals surface area (Å²) in [5.74, 6) is -0.449. The number of benzene rings is 1. The molecular weight excluding hydrogens is 260 g/mol. The lowest BCUT2D eigenvalue weighted by atomic mass is 10.1. The van der Waals surface area contributed by atoms with Gasteiger partial charge >= 0.3 is 0 Å². The fourth-order valence-electron chi connectivity index (χ4n) is 1.77. The molecule has 1 heterocycles. The summed E-state index contributed by atoms with van der Waals surface area (Å²) in [6.45, 7) is 1.68. The maximum Gasteiger partial charge on any atom is 0.239 e. The second-order valence-corrected chi connectivity index (χ2v) is 4.64. The van der Waals surface area contributed by atoms with Crippen molar-refractivity contribution in [3.8, 4) is 0 Å². The van der Waals surface area contributed by atoms with E-state index in [0.29, 0.717) is 11.3 Å². The van der Waals surface area contributed by atoms with Gasteiger partial charge in [0, 0.05) is 11.6 Å². The minimum atomic E-state index is -0.529. The topological polar surface area (TPSA) is 94.0 Å². The van der Waals surface area contributed by atoms with Gasteiger partial charge < -0.3 is 16.8 Å². The van der Waals surface area contributed by atoms with Crippen molar-refractivity contribution < 1.29 is 4.79 Å². The highest BCUT2D eigenvalue weighted by molar-refractivity contribution is 7.80. The van der Waals surface area contributed by atoms with Crippen molar-refractivity contribution in [2.45, 2.75) is 13.0 Å². The van der Waals surface area contributed by atoms with Crippen molar-refractivity contribution in [1.29, 1.82) is 0 Å². The Bertz CT molecular complexity index is 656. The first kappa shape index (κ1) is 13.2. The highest BCUT2D eigenvalue weighted by Gasteiger charge is 2.15. The predicted octanol–water partition coefficient (Wildman–Crippen LogP) is 1.15. The van der Waals surface area contributed by atoms with E-state index in [-0.39, 0.29) is 4.99 Å². The van der Waals surface area contributed by atoms with E-state index in [2.05, 4.69) is 10.3 Å². The first-order valence-electron chi connectivity index (χ1n) is 5.74. The summed E-state index contributed by atoms with van der Waals surface area (Å²) in [4.78, 5) is 15.7. The lowest BCUT2D eigenvalue weighted by Crippen LogP contribution is -2.33. The van der Waals surface area contributed by atoms with Crippen LogP contribution in [-0.2, 0) is 4.79 Å². The van der Waals surface area contributed by atoms with Crippen LogP contribution in [0.2, 0.25) is 0 Å². The second-order valence-electron chi connectivity index (χ2n) is 4.20. The highest BCUT2D eigenvalue weighted by atomic mass is 32.1. The molecule has 0 aliphatic carbocycles. The van der Waals surface area contributed by atoms with Crippen LogP contribution in [0.4, 0.5) is 5.69 Å². The van der Waals surface area contributed by atoms with Crippen LogP contribution in [0.1, 0.15) is 12.5 Å². The van der Waals surface area contributed by atoms with E-state index in [1.807, 2.05) is 24.3 Å². The molecule has 0 saturated carbocycles. The van der Waals surface area contributed by atoms with E-state index in [1.54, 1.807) is 13.1 Å². The molecule has 0 aliphatic rings. The smallest absolute Gasteiger partial charge is 0.239 e. The summed E-state index contributed by atoms with van der Waals surface area (Å²) in [5, 5.41) is 3.90. The van der Waals surface area contributed by atoms with Crippen molar-refractivity contribution in [3.05, 3.63) is 36.0 Å². The van der Waals surface area contributed by atoms with Crippen LogP contribution in [0.3, 0.4) is 0 Å². The molecule has 1 unspecified atom stereocenters. The van der Waals surface area contributed by atoms with Gasteiger partial charge in [0.25, 0.3) is 0 Å². The number of nitrogens with two attached hydrogens (primary N) is 2. The number of primary amides is 1. The minimum absolute atomic E-state index is 0.220. The van der Waals surface area contributed by atoms with Crippen molar-refractivity contribution in [3.63, 3.8) is 0 Å². The van der Waals surface area contributed by atoms with Gasteiger partial charge in [-0.25, -0.2) is 0 Å². The first-order chi connectivity index (χ1) is 9.00. The molecule has 1 aromatic heterocycles. The largest absolute Gasteiger partial charge is 0.389 e. The van der Waals surface area contributed by atoms with E-state index < -0.39 is 11.9 Å². The third-order valence-electron chi connectivity index (χ3n) is 2.83. The summed E-state index contributed by atoms with van der Waals surface area (Å²) in [6, 6.07) is 7.00. The maximum atomic E-state index is 11.2. The number of aromatic nitrogens is 1. The zero-order valence-electron chi connectivity index (χ0n) is 10.4. The number of carbonyl (C=O) groups is 1. The molecular formula is C13H14N4OS. The van der Waals surface area contributed by atoms with Gasteiger partial charge in [0.05, 0.1) is 16.8 Å². The number of amides is 1. The van der Waals surface area contributed by atoms with Crippen LogP contribution in [0.15, 0.2) is 30.5 Å². The number of anilines is 1. The minimum Gasteiger partial charge on any atom is -0.389 e. The van der Waals surface area contributed by atoms with E-state index in [1.165, 1.54) is 0 Å². The monoisotopic (exact) mass is 274 g/mol. The Morgan fingerprint density at radius 3 is 2.68 bits per heavy atom. The fraction of sp³-hybridized carbons (Fsp3) is 0.154. The Kier molecular flexibility index (Phi) is 3.62. The fourth-order valence-corrected chi connectivity index (χ4v) is 1.93. The molecule has 0 aliphatic heterocycles. The number of hydrogen-bond acceptors (Lipinski definition) is 4. The van der Waals surface area contributed by atoms with Gasteiger partial charge in [0.1, 0.15) is 11.0 Å². The van der Waals surface area contributed by atoms with Crippen LogP contribution in [-0.4, -0.2) is 21.9 Å². The Morgan fingerprint density at radius 1 is 1.37 bits per heavy atom. The summed E-state index contributed by atoms with van der Waals surface area (Å²) in [7, 11) is 0. The van der Waals surface area contributed by atoms with Gasteiger partial charge in [-0.05, 0) is 13.0 Å². The molecule has 5 nitrogen and oxygen atoms in total. The van der Waals surface area contributed by atoms with Gasteiger partial charge in [0.15, 0.2) is 0 Å².